The van der Waals surface area contributed by atoms with Gasteiger partial charge in [0, 0.05) is 6.04 Å². The number of aliphatic hydroxyl groups is 1. The third-order valence-corrected chi connectivity index (χ3v) is 2.47. The van der Waals surface area contributed by atoms with Crippen molar-refractivity contribution in [3.63, 3.8) is 0 Å². The molecule has 0 aromatic carbocycles. The maximum atomic E-state index is 10.6. The largest absolute Gasteiger partial charge is 0.383 e. The lowest BCUT2D eigenvalue weighted by atomic mass is 10.2. The second-order valence-corrected chi connectivity index (χ2v) is 4.52. The van der Waals surface area contributed by atoms with Crippen LogP contribution in [0.3, 0.4) is 0 Å². The zero-order valence-corrected chi connectivity index (χ0v) is 8.00. The lowest BCUT2D eigenvalue weighted by Crippen LogP contribution is -2.32. The van der Waals surface area contributed by atoms with Crippen molar-refractivity contribution in [3.05, 3.63) is 12.2 Å². The number of hydrogen-bond donors (Lipinski definition) is 5. The van der Waals surface area contributed by atoms with Gasteiger partial charge in [0.05, 0.1) is 6.16 Å². The topological polar surface area (TPSA) is 145 Å². The Bertz CT molecular complexity index is 322. The molecule has 0 aliphatic rings. The summed E-state index contributed by atoms with van der Waals surface area (Å²) >= 11 is 0. The minimum absolute atomic E-state index is 0.0888. The number of nitrogens with one attached hydrogen (secondary N) is 1. The zero-order chi connectivity index (χ0) is 10.8. The molecule has 0 spiro atoms. The number of H-pyrrole nitrogens is 1. The van der Waals surface area contributed by atoms with Crippen molar-refractivity contribution in [3.8, 4) is 0 Å². The number of aliphatic hydroxyl groups excluding tert-OH is 1. The van der Waals surface area contributed by atoms with E-state index >= 15 is 0 Å². The van der Waals surface area contributed by atoms with E-state index in [1.165, 1.54) is 6.33 Å². The van der Waals surface area contributed by atoms with Gasteiger partial charge in [-0.3, -0.25) is 9.66 Å². The van der Waals surface area contributed by atoms with Crippen LogP contribution in [-0.2, 0) is 4.57 Å². The number of rotatable bonds is 4. The number of nitrogens with two attached hydrogens (primary N) is 1. The lowest BCUT2D eigenvalue weighted by molar-refractivity contribution is 0.142. The van der Waals surface area contributed by atoms with Gasteiger partial charge in [-0.1, -0.05) is 0 Å². The fourth-order valence-corrected chi connectivity index (χ4v) is 1.68. The van der Waals surface area contributed by atoms with Crippen LogP contribution in [0.1, 0.15) is 11.9 Å². The smallest absolute Gasteiger partial charge is 0.327 e. The third-order valence-electron chi connectivity index (χ3n) is 1.57. The van der Waals surface area contributed by atoms with E-state index < -0.39 is 25.9 Å². The number of aromatic amines is 1. The van der Waals surface area contributed by atoms with Gasteiger partial charge in [-0.05, 0) is 0 Å². The van der Waals surface area contributed by atoms with Gasteiger partial charge in [-0.25, -0.2) is 4.98 Å². The van der Waals surface area contributed by atoms with Crippen LogP contribution in [0.2, 0.25) is 0 Å². The summed E-state index contributed by atoms with van der Waals surface area (Å²) in [6, 6.07) is -1.08. The SMILES string of the molecule is N[C@H](CP(=O)(O)O)[C@@H](O)c1ncn[nH]1. The summed E-state index contributed by atoms with van der Waals surface area (Å²) in [4.78, 5) is 20.8. The van der Waals surface area contributed by atoms with E-state index in [0.717, 1.165) is 0 Å². The second-order valence-electron chi connectivity index (χ2n) is 2.83. The quantitative estimate of drug-likeness (QED) is 0.383. The Kier molecular flexibility index (Phi) is 3.35. The number of nitrogens with zero attached hydrogens (tertiary/aromatic N) is 2. The summed E-state index contributed by atoms with van der Waals surface area (Å²) in [6.07, 6.45) is -0.692. The zero-order valence-electron chi connectivity index (χ0n) is 7.11. The molecule has 0 amide bonds. The van der Waals surface area contributed by atoms with Gasteiger partial charge in [0.1, 0.15) is 12.4 Å². The van der Waals surface area contributed by atoms with Crippen LogP contribution in [0.15, 0.2) is 6.33 Å². The molecule has 6 N–H and O–H groups in total. The average molecular weight is 222 g/mol. The van der Waals surface area contributed by atoms with Gasteiger partial charge in [-0.15, -0.1) is 0 Å². The molecular formula is C5H11N4O4P. The summed E-state index contributed by atoms with van der Waals surface area (Å²) < 4.78 is 10.6. The number of aromatic nitrogens is 3. The molecule has 8 nitrogen and oxygen atoms in total. The highest BCUT2D eigenvalue weighted by molar-refractivity contribution is 7.51. The Hall–Kier alpha value is -0.790. The van der Waals surface area contributed by atoms with Crippen LogP contribution in [0.4, 0.5) is 0 Å². The van der Waals surface area contributed by atoms with E-state index in [0.29, 0.717) is 0 Å². The maximum absolute atomic E-state index is 10.6. The van der Waals surface area contributed by atoms with Crippen molar-refractivity contribution in [2.45, 2.75) is 12.1 Å². The van der Waals surface area contributed by atoms with Crippen LogP contribution < -0.4 is 5.73 Å². The van der Waals surface area contributed by atoms with Gasteiger partial charge in [0.2, 0.25) is 0 Å². The van der Waals surface area contributed by atoms with E-state index in [1.54, 1.807) is 0 Å². The summed E-state index contributed by atoms with van der Waals surface area (Å²) in [5.74, 6) is 0.0888. The molecule has 0 saturated heterocycles. The predicted molar refractivity (Wildman–Crippen MR) is 46.2 cm³/mol. The lowest BCUT2D eigenvalue weighted by Gasteiger charge is -2.16. The monoisotopic (exact) mass is 222 g/mol. The summed E-state index contributed by atoms with van der Waals surface area (Å²) in [5.41, 5.74) is 5.36. The first-order valence-corrected chi connectivity index (χ1v) is 5.53. The molecule has 2 atom stereocenters. The maximum Gasteiger partial charge on any atom is 0.327 e. The molecule has 0 fully saturated rings. The summed E-state index contributed by atoms with van der Waals surface area (Å²) in [7, 11) is -4.22. The summed E-state index contributed by atoms with van der Waals surface area (Å²) in [6.45, 7) is 0. The second kappa shape index (κ2) is 4.16. The van der Waals surface area contributed by atoms with Crippen LogP contribution in [-0.4, -0.2) is 42.3 Å². The van der Waals surface area contributed by atoms with E-state index in [-0.39, 0.29) is 5.82 Å². The van der Waals surface area contributed by atoms with Crippen LogP contribution in [0.25, 0.3) is 0 Å². The van der Waals surface area contributed by atoms with Crippen molar-refractivity contribution in [2.24, 2.45) is 5.73 Å². The molecule has 1 heterocycles. The van der Waals surface area contributed by atoms with Gasteiger partial charge >= 0.3 is 7.60 Å². The Morgan fingerprint density at radius 3 is 2.71 bits per heavy atom. The predicted octanol–water partition coefficient (Wildman–Crippen LogP) is -1.66. The van der Waals surface area contributed by atoms with E-state index in [1.807, 2.05) is 0 Å². The Labute approximate surface area is 79.3 Å². The van der Waals surface area contributed by atoms with E-state index in [4.69, 9.17) is 15.5 Å². The van der Waals surface area contributed by atoms with E-state index in [9.17, 15) is 9.67 Å². The van der Waals surface area contributed by atoms with Gasteiger partial charge in [0.25, 0.3) is 0 Å². The molecule has 0 radical (unpaired) electrons. The Morgan fingerprint density at radius 1 is 1.64 bits per heavy atom. The standard InChI is InChI=1S/C5H11N4O4P/c6-3(1-14(11,12)13)4(10)5-7-2-8-9-5/h2-4,10H,1,6H2,(H,7,8,9)(H2,11,12,13)/t3-,4-/m1/s1. The Morgan fingerprint density at radius 2 is 2.29 bits per heavy atom. The first-order chi connectivity index (χ1) is 6.40. The van der Waals surface area contributed by atoms with Gasteiger partial charge in [0.15, 0.2) is 5.82 Å². The Balaban J connectivity index is 2.62. The first kappa shape index (κ1) is 11.3. The van der Waals surface area contributed by atoms with Crippen molar-refractivity contribution in [2.75, 3.05) is 6.16 Å². The summed E-state index contributed by atoms with van der Waals surface area (Å²) in [5, 5.41) is 15.3. The molecule has 0 aliphatic heterocycles. The minimum atomic E-state index is -4.22. The molecule has 1 rings (SSSR count). The molecule has 0 aliphatic carbocycles. The highest BCUT2D eigenvalue weighted by atomic mass is 31.2. The fourth-order valence-electron chi connectivity index (χ4n) is 0.935. The number of hydrogen-bond acceptors (Lipinski definition) is 5. The first-order valence-electron chi connectivity index (χ1n) is 3.73. The molecular weight excluding hydrogens is 211 g/mol. The normalized spacial score (nSPS) is 16.6. The molecule has 14 heavy (non-hydrogen) atoms. The van der Waals surface area contributed by atoms with Crippen molar-refractivity contribution >= 4 is 7.60 Å². The molecule has 0 saturated carbocycles. The van der Waals surface area contributed by atoms with Gasteiger partial charge in [-0.2, -0.15) is 5.10 Å². The molecule has 0 unspecified atom stereocenters. The molecule has 1 aromatic heterocycles. The molecule has 80 valence electrons. The van der Waals surface area contributed by atoms with Crippen molar-refractivity contribution < 1.29 is 19.5 Å². The molecule has 9 heteroatoms. The fraction of sp³-hybridized carbons (Fsp3) is 0.600. The highest BCUT2D eigenvalue weighted by Crippen LogP contribution is 2.36. The third kappa shape index (κ3) is 3.17. The molecule has 0 bridgehead atoms. The van der Waals surface area contributed by atoms with Crippen molar-refractivity contribution in [1.82, 2.24) is 15.2 Å². The average Bonchev–Trinajstić information content (AvgIpc) is 2.51. The van der Waals surface area contributed by atoms with E-state index in [2.05, 4.69) is 15.2 Å². The van der Waals surface area contributed by atoms with Crippen LogP contribution in [0.5, 0.6) is 0 Å². The minimum Gasteiger partial charge on any atom is -0.383 e. The van der Waals surface area contributed by atoms with Gasteiger partial charge < -0.3 is 20.6 Å². The van der Waals surface area contributed by atoms with Crippen LogP contribution in [0, 0.1) is 0 Å². The van der Waals surface area contributed by atoms with Crippen molar-refractivity contribution in [1.29, 1.82) is 0 Å². The highest BCUT2D eigenvalue weighted by Gasteiger charge is 2.26. The van der Waals surface area contributed by atoms with Crippen LogP contribution >= 0.6 is 7.60 Å². The molecule has 1 aromatic rings.